The fourth-order valence-electron chi connectivity index (χ4n) is 5.28. The van der Waals surface area contributed by atoms with Crippen molar-refractivity contribution in [3.63, 3.8) is 0 Å². The van der Waals surface area contributed by atoms with Crippen LogP contribution in [0.1, 0.15) is 37.4 Å². The van der Waals surface area contributed by atoms with Gasteiger partial charge in [-0.2, -0.15) is 0 Å². The maximum Gasteiger partial charge on any atom is 0.335 e. The lowest BCUT2D eigenvalue weighted by atomic mass is 9.83. The Balaban J connectivity index is 1.52. The Kier molecular flexibility index (Phi) is 8.51. The second-order valence-electron chi connectivity index (χ2n) is 10.2. The summed E-state index contributed by atoms with van der Waals surface area (Å²) in [7, 11) is 0. The van der Waals surface area contributed by atoms with Crippen molar-refractivity contribution in [3.05, 3.63) is 58.1 Å². The number of aliphatic hydroxyl groups excluding tert-OH is 8. The normalized spacial score (nSPS) is 34.3. The highest BCUT2D eigenvalue weighted by Crippen LogP contribution is 2.40. The van der Waals surface area contributed by atoms with Gasteiger partial charge in [-0.25, -0.2) is 4.79 Å². The number of carboxylic acids is 1. The van der Waals surface area contributed by atoms with Gasteiger partial charge in [-0.15, -0.1) is 0 Å². The molecule has 2 aromatic rings. The smallest absolute Gasteiger partial charge is 0.335 e. The number of aromatic carboxylic acids is 1. The van der Waals surface area contributed by atoms with Crippen LogP contribution in [0.5, 0.6) is 11.5 Å². The predicted molar refractivity (Wildman–Crippen MR) is 135 cm³/mol. The van der Waals surface area contributed by atoms with E-state index >= 15 is 0 Å². The lowest BCUT2D eigenvalue weighted by Gasteiger charge is -2.40. The van der Waals surface area contributed by atoms with Gasteiger partial charge in [0.2, 0.25) is 18.4 Å². The number of hydrogen-bond donors (Lipinski definition) is 9. The first-order valence-electron chi connectivity index (χ1n) is 13.0. The molecule has 2 heterocycles. The molecule has 0 spiro atoms. The van der Waals surface area contributed by atoms with Crippen LogP contribution in [0.4, 0.5) is 0 Å². The number of carbonyl (C=O) groups is 2. The topological polar surface area (TPSA) is 253 Å². The number of hydrogen-bond acceptors (Lipinski definition) is 14. The van der Waals surface area contributed by atoms with Gasteiger partial charge < -0.3 is 64.9 Å². The van der Waals surface area contributed by atoms with E-state index in [1.165, 1.54) is 18.2 Å². The molecule has 0 saturated carbocycles. The highest BCUT2D eigenvalue weighted by molar-refractivity contribution is 6.16. The number of aliphatic hydroxyl groups is 8. The summed E-state index contributed by atoms with van der Waals surface area (Å²) < 4.78 is 22.3. The van der Waals surface area contributed by atoms with Crippen molar-refractivity contribution in [2.24, 2.45) is 0 Å². The van der Waals surface area contributed by atoms with E-state index in [1.54, 1.807) is 6.07 Å². The second kappa shape index (κ2) is 11.8. The molecule has 0 radical (unpaired) electrons. The Morgan fingerprint density at radius 2 is 1.26 bits per heavy atom. The predicted octanol–water partition coefficient (Wildman–Crippen LogP) is -3.12. The van der Waals surface area contributed by atoms with E-state index in [0.717, 1.165) is 6.07 Å². The SMILES string of the molecule is O=C(O)c1cc2c(c(OC3OC(CO)C(O)C(O)C3O)c1)C(=O)c1c(cccc1OC1OC(CO)C(O)C(O)C1O)C2. The first kappa shape index (κ1) is 30.2. The van der Waals surface area contributed by atoms with Gasteiger partial charge in [-0.05, 0) is 35.7 Å². The van der Waals surface area contributed by atoms with Crippen LogP contribution in [0.15, 0.2) is 30.3 Å². The molecule has 0 aromatic heterocycles. The molecule has 9 N–H and O–H groups in total. The van der Waals surface area contributed by atoms with Crippen LogP contribution in [-0.4, -0.2) is 132 Å². The first-order chi connectivity index (χ1) is 20.0. The standard InChI is InChI=1S/C27H30O15/c28-7-14-18(30)21(33)23(35)26(41-14)39-12-3-1-2-9-4-10-5-11(25(37)38)6-13(17(10)20(32)16(9)12)40-27-24(36)22(34)19(31)15(8-29)42-27/h1-3,5-6,14-15,18-19,21-24,26-31,33-36H,4,7-8H2,(H,37,38). The third-order valence-electron chi connectivity index (χ3n) is 7.56. The van der Waals surface area contributed by atoms with Crippen LogP contribution < -0.4 is 9.47 Å². The Morgan fingerprint density at radius 3 is 1.79 bits per heavy atom. The van der Waals surface area contributed by atoms with E-state index in [9.17, 15) is 55.5 Å². The van der Waals surface area contributed by atoms with E-state index in [1.807, 2.05) is 0 Å². The van der Waals surface area contributed by atoms with Gasteiger partial charge >= 0.3 is 5.97 Å². The van der Waals surface area contributed by atoms with Crippen molar-refractivity contribution in [1.29, 1.82) is 0 Å². The molecular weight excluding hydrogens is 564 g/mol. The van der Waals surface area contributed by atoms with E-state index in [4.69, 9.17) is 18.9 Å². The molecule has 3 aliphatic rings. The average molecular weight is 595 g/mol. The van der Waals surface area contributed by atoms with Crippen LogP contribution in [-0.2, 0) is 15.9 Å². The average Bonchev–Trinajstić information content (AvgIpc) is 2.97. The van der Waals surface area contributed by atoms with E-state index in [-0.39, 0.29) is 40.2 Å². The number of benzene rings is 2. The maximum atomic E-state index is 14.0. The van der Waals surface area contributed by atoms with Gasteiger partial charge in [0.25, 0.3) is 0 Å². The van der Waals surface area contributed by atoms with Crippen molar-refractivity contribution in [1.82, 2.24) is 0 Å². The van der Waals surface area contributed by atoms with E-state index < -0.39 is 86.4 Å². The van der Waals surface area contributed by atoms with Gasteiger partial charge in [-0.3, -0.25) is 4.79 Å². The summed E-state index contributed by atoms with van der Waals surface area (Å²) >= 11 is 0. The summed E-state index contributed by atoms with van der Waals surface area (Å²) in [6.45, 7) is -1.45. The van der Waals surface area contributed by atoms with Crippen molar-refractivity contribution in [2.45, 2.75) is 67.8 Å². The van der Waals surface area contributed by atoms with Gasteiger partial charge in [0.05, 0.1) is 29.9 Å². The Labute approximate surface area is 237 Å². The molecule has 2 aliphatic heterocycles. The minimum Gasteiger partial charge on any atom is -0.478 e. The highest BCUT2D eigenvalue weighted by Gasteiger charge is 2.47. The zero-order valence-corrected chi connectivity index (χ0v) is 21.8. The monoisotopic (exact) mass is 594 g/mol. The lowest BCUT2D eigenvalue weighted by molar-refractivity contribution is -0.277. The summed E-state index contributed by atoms with van der Waals surface area (Å²) in [5, 5.41) is 90.0. The fraction of sp³-hybridized carbons (Fsp3) is 0.481. The number of carbonyl (C=O) groups excluding carboxylic acids is 1. The molecule has 228 valence electrons. The molecule has 15 nitrogen and oxygen atoms in total. The summed E-state index contributed by atoms with van der Waals surface area (Å²) in [5.74, 6) is -2.52. The molecule has 10 unspecified atom stereocenters. The molecule has 2 fully saturated rings. The minimum atomic E-state index is -1.84. The molecule has 42 heavy (non-hydrogen) atoms. The van der Waals surface area contributed by atoms with E-state index in [2.05, 4.69) is 0 Å². The van der Waals surface area contributed by atoms with Crippen LogP contribution in [0.2, 0.25) is 0 Å². The fourth-order valence-corrected chi connectivity index (χ4v) is 5.28. The third kappa shape index (κ3) is 5.24. The van der Waals surface area contributed by atoms with Crippen LogP contribution in [0.25, 0.3) is 0 Å². The van der Waals surface area contributed by atoms with Gasteiger partial charge in [0.1, 0.15) is 60.3 Å². The van der Waals surface area contributed by atoms with Crippen LogP contribution in [0, 0.1) is 0 Å². The summed E-state index contributed by atoms with van der Waals surface area (Å²) in [6, 6.07) is 6.79. The molecule has 1 aliphatic carbocycles. The molecular formula is C27H30O15. The summed E-state index contributed by atoms with van der Waals surface area (Å²) in [5.41, 5.74) is 0.212. The zero-order chi connectivity index (χ0) is 30.5. The molecule has 2 aromatic carbocycles. The molecule has 2 saturated heterocycles. The Morgan fingerprint density at radius 1 is 0.738 bits per heavy atom. The molecule has 10 atom stereocenters. The van der Waals surface area contributed by atoms with Crippen molar-refractivity contribution < 1.29 is 74.5 Å². The van der Waals surface area contributed by atoms with Gasteiger partial charge in [-0.1, -0.05) is 12.1 Å². The lowest BCUT2D eigenvalue weighted by Crippen LogP contribution is -2.60. The van der Waals surface area contributed by atoms with Gasteiger partial charge in [0.15, 0.2) is 0 Å². The van der Waals surface area contributed by atoms with Crippen LogP contribution >= 0.6 is 0 Å². The number of ether oxygens (including phenoxy) is 4. The van der Waals surface area contributed by atoms with Crippen molar-refractivity contribution >= 4 is 11.8 Å². The molecule has 15 heteroatoms. The molecule has 5 rings (SSSR count). The first-order valence-corrected chi connectivity index (χ1v) is 13.0. The largest absolute Gasteiger partial charge is 0.478 e. The van der Waals surface area contributed by atoms with Gasteiger partial charge in [0, 0.05) is 0 Å². The molecule has 0 amide bonds. The maximum absolute atomic E-state index is 14.0. The summed E-state index contributed by atoms with van der Waals surface area (Å²) in [4.78, 5) is 25.9. The highest BCUT2D eigenvalue weighted by atomic mass is 16.7. The number of carboxylic acid groups (broad SMARTS) is 1. The van der Waals surface area contributed by atoms with Crippen LogP contribution in [0.3, 0.4) is 0 Å². The summed E-state index contributed by atoms with van der Waals surface area (Å²) in [6.07, 6.45) is -16.3. The second-order valence-corrected chi connectivity index (χ2v) is 10.2. The van der Waals surface area contributed by atoms with Crippen molar-refractivity contribution in [3.8, 4) is 11.5 Å². The number of ketones is 1. The third-order valence-corrected chi connectivity index (χ3v) is 7.56. The molecule has 0 bridgehead atoms. The quantitative estimate of drug-likeness (QED) is 0.131. The van der Waals surface area contributed by atoms with Crippen molar-refractivity contribution in [2.75, 3.05) is 13.2 Å². The number of fused-ring (bicyclic) bond motifs is 2. The zero-order valence-electron chi connectivity index (χ0n) is 21.8. The number of rotatable bonds is 7. The Bertz CT molecular complexity index is 1340. The minimum absolute atomic E-state index is 0.00838. The Hall–Kier alpha value is -3.22. The van der Waals surface area contributed by atoms with E-state index in [0.29, 0.717) is 5.56 Å².